The third kappa shape index (κ3) is 0.418. The third-order valence-corrected chi connectivity index (χ3v) is 1.65. The molecule has 2 fully saturated rings. The second kappa shape index (κ2) is 0.873. The molecule has 0 aromatic heterocycles. The van der Waals surface area contributed by atoms with Gasteiger partial charge in [-0.05, 0) is 31.0 Å². The minimum atomic E-state index is -1.71. The van der Waals surface area contributed by atoms with Crippen molar-refractivity contribution >= 4 is 0 Å². The topological polar surface area (TPSA) is 20.2 Å². The van der Waals surface area contributed by atoms with Gasteiger partial charge in [-0.3, -0.25) is 0 Å². The maximum absolute atomic E-state index is 8.95. The second-order valence-corrected chi connectivity index (χ2v) is 2.39. The van der Waals surface area contributed by atoms with Crippen molar-refractivity contribution in [1.29, 1.82) is 0 Å². The van der Waals surface area contributed by atoms with Crippen LogP contribution in [-0.2, 0) is 0 Å². The second-order valence-electron chi connectivity index (χ2n) is 2.39. The van der Waals surface area contributed by atoms with Crippen molar-refractivity contribution in [2.45, 2.75) is 31.7 Å². The predicted molar refractivity (Wildman–Crippen MR) is 26.9 cm³/mol. The van der Waals surface area contributed by atoms with Gasteiger partial charge in [-0.2, -0.15) is 0 Å². The SMILES string of the molecule is [2H]C1([2H])C([2H])([2H])C12CC(O)C2. The van der Waals surface area contributed by atoms with Gasteiger partial charge in [0.15, 0.2) is 0 Å². The normalized spacial score (nSPS) is 58.4. The predicted octanol–water partition coefficient (Wildman–Crippen LogP) is 0.921. The summed E-state index contributed by atoms with van der Waals surface area (Å²) in [6, 6.07) is 0. The van der Waals surface area contributed by atoms with Gasteiger partial charge in [-0.25, -0.2) is 0 Å². The molecule has 1 heteroatoms. The molecule has 0 heterocycles. The van der Waals surface area contributed by atoms with Gasteiger partial charge >= 0.3 is 0 Å². The molecule has 7 heavy (non-hydrogen) atoms. The summed E-state index contributed by atoms with van der Waals surface area (Å²) in [5, 5.41) is 8.95. The summed E-state index contributed by atoms with van der Waals surface area (Å²) in [6.07, 6.45) is -3.33. The summed E-state index contributed by atoms with van der Waals surface area (Å²) in [4.78, 5) is 0. The fraction of sp³-hybridized carbons (Fsp3) is 1.00. The molecule has 2 saturated carbocycles. The van der Waals surface area contributed by atoms with Crippen LogP contribution in [-0.4, -0.2) is 11.2 Å². The molecule has 2 rings (SSSR count). The molecule has 0 saturated heterocycles. The molecule has 0 aromatic rings. The van der Waals surface area contributed by atoms with Crippen molar-refractivity contribution in [3.8, 4) is 0 Å². The van der Waals surface area contributed by atoms with E-state index in [9.17, 15) is 0 Å². The van der Waals surface area contributed by atoms with E-state index in [1.165, 1.54) is 0 Å². The highest BCUT2D eigenvalue weighted by atomic mass is 16.3. The molecule has 0 aliphatic heterocycles. The zero-order valence-electron chi connectivity index (χ0n) is 7.94. The average molecular weight is 102 g/mol. The lowest BCUT2D eigenvalue weighted by Crippen LogP contribution is -2.29. The first-order valence-electron chi connectivity index (χ1n) is 4.53. The Morgan fingerprint density at radius 3 is 2.29 bits per heavy atom. The van der Waals surface area contributed by atoms with E-state index < -0.39 is 24.3 Å². The Morgan fingerprint density at radius 2 is 2.14 bits per heavy atom. The number of hydrogen-bond donors (Lipinski definition) is 1. The van der Waals surface area contributed by atoms with Crippen molar-refractivity contribution in [1.82, 2.24) is 0 Å². The lowest BCUT2D eigenvalue weighted by molar-refractivity contribution is 0.0291. The molecule has 0 aromatic carbocycles. The Kier molecular flexibility index (Phi) is 0.216. The number of aliphatic hydroxyl groups is 1. The Hall–Kier alpha value is -0.0400. The van der Waals surface area contributed by atoms with Crippen LogP contribution in [0.4, 0.5) is 0 Å². The maximum Gasteiger partial charge on any atom is 0.0550 e. The van der Waals surface area contributed by atoms with Crippen LogP contribution in [0.3, 0.4) is 0 Å². The van der Waals surface area contributed by atoms with Crippen LogP contribution >= 0.6 is 0 Å². The zero-order valence-corrected chi connectivity index (χ0v) is 3.94. The molecule has 1 nitrogen and oxygen atoms in total. The Morgan fingerprint density at radius 1 is 1.57 bits per heavy atom. The first-order valence-corrected chi connectivity index (χ1v) is 2.53. The molecular formula is C6H10O. The Balaban J connectivity index is 2.22. The summed E-state index contributed by atoms with van der Waals surface area (Å²) in [5.74, 6) is 0. The maximum atomic E-state index is 8.95. The van der Waals surface area contributed by atoms with Gasteiger partial charge in [-0.1, -0.05) is 0 Å². The molecule has 0 radical (unpaired) electrons. The van der Waals surface area contributed by atoms with E-state index in [4.69, 9.17) is 10.6 Å². The van der Waals surface area contributed by atoms with Gasteiger partial charge in [-0.15, -0.1) is 0 Å². The summed E-state index contributed by atoms with van der Waals surface area (Å²) >= 11 is 0. The molecule has 0 unspecified atom stereocenters. The molecule has 0 atom stereocenters. The molecule has 1 N–H and O–H groups in total. The number of aliphatic hydroxyl groups excluding tert-OH is 1. The molecule has 40 valence electrons. The largest absolute Gasteiger partial charge is 0.393 e. The van der Waals surface area contributed by atoms with E-state index in [2.05, 4.69) is 0 Å². The molecule has 2 aliphatic carbocycles. The fourth-order valence-corrected chi connectivity index (χ4v) is 1.04. The van der Waals surface area contributed by atoms with Crippen LogP contribution in [0.25, 0.3) is 0 Å². The van der Waals surface area contributed by atoms with E-state index >= 15 is 0 Å². The molecule has 0 amide bonds. The summed E-state index contributed by atoms with van der Waals surface area (Å²) in [5.41, 5.74) is -0.848. The highest BCUT2D eigenvalue weighted by Crippen LogP contribution is 2.60. The van der Waals surface area contributed by atoms with Gasteiger partial charge in [0.25, 0.3) is 0 Å². The van der Waals surface area contributed by atoms with Crippen molar-refractivity contribution in [3.05, 3.63) is 0 Å². The van der Waals surface area contributed by atoms with Crippen LogP contribution in [0.2, 0.25) is 0 Å². The molecule has 2 aliphatic rings. The molecular weight excluding hydrogens is 88.1 g/mol. The van der Waals surface area contributed by atoms with Crippen molar-refractivity contribution in [2.24, 2.45) is 5.41 Å². The number of rotatable bonds is 0. The quantitative estimate of drug-likeness (QED) is 0.482. The van der Waals surface area contributed by atoms with Crippen LogP contribution < -0.4 is 0 Å². The fourth-order valence-electron chi connectivity index (χ4n) is 1.04. The van der Waals surface area contributed by atoms with Gasteiger partial charge in [0, 0.05) is 5.48 Å². The van der Waals surface area contributed by atoms with E-state index in [0.717, 1.165) is 0 Å². The van der Waals surface area contributed by atoms with Gasteiger partial charge in [0.1, 0.15) is 0 Å². The van der Waals surface area contributed by atoms with Gasteiger partial charge in [0.2, 0.25) is 0 Å². The Labute approximate surface area is 49.0 Å². The third-order valence-electron chi connectivity index (χ3n) is 1.65. The highest BCUT2D eigenvalue weighted by molar-refractivity contribution is 5.03. The average Bonchev–Trinajstić information content (AvgIpc) is 2.07. The smallest absolute Gasteiger partial charge is 0.0550 e. The minimum absolute atomic E-state index is 0.285. The lowest BCUT2D eigenvalue weighted by Gasteiger charge is -2.31. The van der Waals surface area contributed by atoms with Crippen molar-refractivity contribution < 1.29 is 10.6 Å². The highest BCUT2D eigenvalue weighted by Gasteiger charge is 2.52. The zero-order chi connectivity index (χ0) is 8.49. The standard InChI is InChI=1S/C6H10O/c7-5-3-6(4-5)1-2-6/h5,7H,1-4H2/i1D2,2D2. The summed E-state index contributed by atoms with van der Waals surface area (Å²) < 4.78 is 29.3. The monoisotopic (exact) mass is 102 g/mol. The first kappa shape index (κ1) is 1.73. The molecule has 1 spiro atoms. The van der Waals surface area contributed by atoms with Crippen LogP contribution in [0.1, 0.15) is 31.1 Å². The first-order chi connectivity index (χ1) is 4.85. The van der Waals surface area contributed by atoms with Crippen LogP contribution in [0, 0.1) is 5.41 Å². The van der Waals surface area contributed by atoms with E-state index in [0.29, 0.717) is 0 Å². The van der Waals surface area contributed by atoms with Crippen LogP contribution in [0.15, 0.2) is 0 Å². The van der Waals surface area contributed by atoms with E-state index in [-0.39, 0.29) is 12.8 Å². The number of hydrogen-bond acceptors (Lipinski definition) is 1. The Bertz CT molecular complexity index is 191. The van der Waals surface area contributed by atoms with Crippen molar-refractivity contribution in [3.63, 3.8) is 0 Å². The van der Waals surface area contributed by atoms with Gasteiger partial charge < -0.3 is 5.11 Å². The van der Waals surface area contributed by atoms with Gasteiger partial charge in [0.05, 0.1) is 6.10 Å². The summed E-state index contributed by atoms with van der Waals surface area (Å²) in [7, 11) is 0. The lowest BCUT2D eigenvalue weighted by atomic mass is 9.79. The van der Waals surface area contributed by atoms with Crippen molar-refractivity contribution in [2.75, 3.05) is 0 Å². The summed E-state index contributed by atoms with van der Waals surface area (Å²) in [6.45, 7) is 0. The minimum Gasteiger partial charge on any atom is -0.393 e. The molecule has 0 bridgehead atoms. The van der Waals surface area contributed by atoms with Crippen LogP contribution in [0.5, 0.6) is 0 Å². The van der Waals surface area contributed by atoms with E-state index in [1.807, 2.05) is 0 Å². The van der Waals surface area contributed by atoms with E-state index in [1.54, 1.807) is 0 Å².